The van der Waals surface area contributed by atoms with Crippen molar-refractivity contribution in [2.24, 2.45) is 23.5 Å². The summed E-state index contributed by atoms with van der Waals surface area (Å²) in [5.41, 5.74) is 7.26. The number of hydrogen-bond donors (Lipinski definition) is 3. The van der Waals surface area contributed by atoms with Gasteiger partial charge in [-0.25, -0.2) is 4.79 Å². The van der Waals surface area contributed by atoms with Gasteiger partial charge < -0.3 is 21.1 Å². The highest BCUT2D eigenvalue weighted by molar-refractivity contribution is 5.98. The summed E-state index contributed by atoms with van der Waals surface area (Å²) >= 11 is 0. The second-order valence-electron chi connectivity index (χ2n) is 7.45. The Morgan fingerprint density at radius 1 is 1.19 bits per heavy atom. The van der Waals surface area contributed by atoms with E-state index in [0.29, 0.717) is 23.1 Å². The van der Waals surface area contributed by atoms with Crippen LogP contribution in [0.15, 0.2) is 24.3 Å². The molecule has 0 aliphatic heterocycles. The number of ether oxygens (including phenoxy) is 1. The van der Waals surface area contributed by atoms with Crippen LogP contribution in [0.25, 0.3) is 0 Å². The molecule has 3 rings (SSSR count). The second-order valence-corrected chi connectivity index (χ2v) is 7.45. The summed E-state index contributed by atoms with van der Waals surface area (Å²) in [5.74, 6) is -0.155. The van der Waals surface area contributed by atoms with Gasteiger partial charge in [-0.05, 0) is 69.2 Å². The number of fused-ring (bicyclic) bond motifs is 2. The van der Waals surface area contributed by atoms with Crippen molar-refractivity contribution in [2.75, 3.05) is 11.9 Å². The molecule has 2 bridgehead atoms. The van der Waals surface area contributed by atoms with Gasteiger partial charge in [0.2, 0.25) is 5.91 Å². The molecule has 2 fully saturated rings. The molecule has 146 valence electrons. The Morgan fingerprint density at radius 2 is 1.85 bits per heavy atom. The maximum atomic E-state index is 12.6. The summed E-state index contributed by atoms with van der Waals surface area (Å²) in [5, 5.41) is 5.51. The second kappa shape index (κ2) is 8.08. The van der Waals surface area contributed by atoms with Crippen LogP contribution >= 0.6 is 0 Å². The van der Waals surface area contributed by atoms with E-state index in [-0.39, 0.29) is 30.4 Å². The van der Waals surface area contributed by atoms with Gasteiger partial charge in [0.25, 0.3) is 5.91 Å². The third-order valence-electron chi connectivity index (χ3n) is 5.69. The fourth-order valence-corrected chi connectivity index (χ4v) is 4.26. The molecule has 0 spiro atoms. The zero-order valence-electron chi connectivity index (χ0n) is 15.7. The number of amides is 2. The standard InChI is InChI=1S/C20H27N3O4/c1-3-27-20(26)11(2)22-18(24)12-6-8-15(9-7-12)23-19(25)16-13-4-5-14(10-13)17(16)21/h6-9,11,13-14,16-17H,3-5,10,21H2,1-2H3,(H,22,24)(H,23,25). The lowest BCUT2D eigenvalue weighted by atomic mass is 9.84. The monoisotopic (exact) mass is 373 g/mol. The van der Waals surface area contributed by atoms with E-state index in [1.165, 1.54) is 0 Å². The lowest BCUT2D eigenvalue weighted by Gasteiger charge is -2.27. The zero-order chi connectivity index (χ0) is 19.6. The molecule has 1 aromatic carbocycles. The van der Waals surface area contributed by atoms with Crippen LogP contribution in [0.1, 0.15) is 43.5 Å². The van der Waals surface area contributed by atoms with E-state index in [1.54, 1.807) is 38.1 Å². The number of hydrogen-bond acceptors (Lipinski definition) is 5. The predicted octanol–water partition coefficient (Wildman–Crippen LogP) is 1.68. The van der Waals surface area contributed by atoms with Crippen molar-refractivity contribution >= 4 is 23.5 Å². The lowest BCUT2D eigenvalue weighted by molar-refractivity contribution is -0.144. The van der Waals surface area contributed by atoms with Crippen LogP contribution in [0.5, 0.6) is 0 Å². The molecule has 7 heteroatoms. The van der Waals surface area contributed by atoms with E-state index < -0.39 is 12.0 Å². The number of rotatable bonds is 6. The van der Waals surface area contributed by atoms with Gasteiger partial charge in [-0.15, -0.1) is 0 Å². The molecular formula is C20H27N3O4. The number of nitrogens with two attached hydrogens (primary N) is 1. The number of carbonyl (C=O) groups is 3. The average Bonchev–Trinajstić information content (AvgIpc) is 3.23. The van der Waals surface area contributed by atoms with E-state index in [9.17, 15) is 14.4 Å². The first kappa shape index (κ1) is 19.4. The lowest BCUT2D eigenvalue weighted by Crippen LogP contribution is -2.42. The largest absolute Gasteiger partial charge is 0.464 e. The van der Waals surface area contributed by atoms with E-state index >= 15 is 0 Å². The zero-order valence-corrected chi connectivity index (χ0v) is 15.7. The summed E-state index contributed by atoms with van der Waals surface area (Å²) in [4.78, 5) is 36.4. The van der Waals surface area contributed by atoms with Crippen molar-refractivity contribution in [2.45, 2.75) is 45.2 Å². The molecule has 0 aromatic heterocycles. The predicted molar refractivity (Wildman–Crippen MR) is 101 cm³/mol. The van der Waals surface area contributed by atoms with Crippen LogP contribution in [0.3, 0.4) is 0 Å². The summed E-state index contributed by atoms with van der Waals surface area (Å²) in [6, 6.07) is 5.81. The van der Waals surface area contributed by atoms with E-state index in [2.05, 4.69) is 10.6 Å². The number of anilines is 1. The quantitative estimate of drug-likeness (QED) is 0.657. The summed E-state index contributed by atoms with van der Waals surface area (Å²) in [6.07, 6.45) is 3.26. The Bertz CT molecular complexity index is 716. The fraction of sp³-hybridized carbons (Fsp3) is 0.550. The van der Waals surface area contributed by atoms with Gasteiger partial charge in [0.05, 0.1) is 12.5 Å². The van der Waals surface area contributed by atoms with Gasteiger partial charge in [0.15, 0.2) is 0 Å². The van der Waals surface area contributed by atoms with Crippen molar-refractivity contribution in [1.82, 2.24) is 5.32 Å². The van der Waals surface area contributed by atoms with Crippen molar-refractivity contribution in [1.29, 1.82) is 0 Å². The van der Waals surface area contributed by atoms with Crippen LogP contribution in [-0.4, -0.2) is 36.5 Å². The molecule has 5 unspecified atom stereocenters. The minimum absolute atomic E-state index is 0.0390. The smallest absolute Gasteiger partial charge is 0.328 e. The van der Waals surface area contributed by atoms with Crippen molar-refractivity contribution in [3.8, 4) is 0 Å². The number of nitrogens with one attached hydrogen (secondary N) is 2. The van der Waals surface area contributed by atoms with Crippen molar-refractivity contribution < 1.29 is 19.1 Å². The Labute approximate surface area is 159 Å². The highest BCUT2D eigenvalue weighted by Gasteiger charge is 2.49. The molecule has 2 amide bonds. The van der Waals surface area contributed by atoms with E-state index in [0.717, 1.165) is 19.3 Å². The van der Waals surface area contributed by atoms with Gasteiger partial charge in [-0.3, -0.25) is 9.59 Å². The highest BCUT2D eigenvalue weighted by Crippen LogP contribution is 2.47. The minimum Gasteiger partial charge on any atom is -0.464 e. The first-order valence-corrected chi connectivity index (χ1v) is 9.54. The van der Waals surface area contributed by atoms with Gasteiger partial charge in [0, 0.05) is 17.3 Å². The Morgan fingerprint density at radius 3 is 2.44 bits per heavy atom. The van der Waals surface area contributed by atoms with Gasteiger partial charge in [-0.1, -0.05) is 0 Å². The average molecular weight is 373 g/mol. The van der Waals surface area contributed by atoms with Crippen molar-refractivity contribution in [3.63, 3.8) is 0 Å². The molecule has 2 saturated carbocycles. The SMILES string of the molecule is CCOC(=O)C(C)NC(=O)c1ccc(NC(=O)C2C3CCC(C3)C2N)cc1. The number of carbonyl (C=O) groups excluding carboxylic acids is 3. The van der Waals surface area contributed by atoms with Crippen LogP contribution in [0, 0.1) is 17.8 Å². The maximum Gasteiger partial charge on any atom is 0.328 e. The first-order chi connectivity index (χ1) is 12.9. The number of benzene rings is 1. The van der Waals surface area contributed by atoms with E-state index in [1.807, 2.05) is 0 Å². The van der Waals surface area contributed by atoms with Gasteiger partial charge in [0.1, 0.15) is 6.04 Å². The van der Waals surface area contributed by atoms with Crippen LogP contribution in [-0.2, 0) is 14.3 Å². The Balaban J connectivity index is 1.56. The molecule has 1 aromatic rings. The molecule has 0 heterocycles. The van der Waals surface area contributed by atoms with E-state index in [4.69, 9.17) is 10.5 Å². The number of esters is 1. The molecule has 2 aliphatic rings. The van der Waals surface area contributed by atoms with Crippen LogP contribution < -0.4 is 16.4 Å². The molecule has 0 radical (unpaired) electrons. The fourth-order valence-electron chi connectivity index (χ4n) is 4.26. The molecule has 4 N–H and O–H groups in total. The third kappa shape index (κ3) is 4.13. The molecule has 7 nitrogen and oxygen atoms in total. The summed E-state index contributed by atoms with van der Waals surface area (Å²) in [6.45, 7) is 3.55. The summed E-state index contributed by atoms with van der Waals surface area (Å²) in [7, 11) is 0. The molecular weight excluding hydrogens is 346 g/mol. The van der Waals surface area contributed by atoms with Gasteiger partial charge >= 0.3 is 5.97 Å². The maximum absolute atomic E-state index is 12.6. The third-order valence-corrected chi connectivity index (χ3v) is 5.69. The molecule has 2 aliphatic carbocycles. The minimum atomic E-state index is -0.726. The van der Waals surface area contributed by atoms with Gasteiger partial charge in [-0.2, -0.15) is 0 Å². The van der Waals surface area contributed by atoms with Crippen LogP contribution in [0.4, 0.5) is 5.69 Å². The molecule has 0 saturated heterocycles. The highest BCUT2D eigenvalue weighted by atomic mass is 16.5. The summed E-state index contributed by atoms with van der Waals surface area (Å²) < 4.78 is 4.87. The Kier molecular flexibility index (Phi) is 5.79. The van der Waals surface area contributed by atoms with Crippen molar-refractivity contribution in [3.05, 3.63) is 29.8 Å². The molecule has 5 atom stereocenters. The first-order valence-electron chi connectivity index (χ1n) is 9.54. The van der Waals surface area contributed by atoms with Crippen LogP contribution in [0.2, 0.25) is 0 Å². The molecule has 27 heavy (non-hydrogen) atoms. The normalized spacial score (nSPS) is 27.1. The topological polar surface area (TPSA) is 111 Å². The Hall–Kier alpha value is -2.41.